The monoisotopic (exact) mass is 313 g/mol. The number of aliphatic hydroxyl groups is 1. The molecule has 2 aromatic rings. The van der Waals surface area contributed by atoms with Crippen molar-refractivity contribution in [3.63, 3.8) is 0 Å². The molecular weight excluding hydrogens is 304 g/mol. The molecule has 1 heterocycles. The fourth-order valence-electron chi connectivity index (χ4n) is 1.66. The Kier molecular flexibility index (Phi) is 3.73. The smallest absolute Gasteiger partial charge is 0.135 e. The summed E-state index contributed by atoms with van der Waals surface area (Å²) in [4.78, 5) is 3.94. The van der Waals surface area contributed by atoms with Gasteiger partial charge in [-0.3, -0.25) is 4.98 Å². The van der Waals surface area contributed by atoms with Crippen molar-refractivity contribution in [1.29, 1.82) is 0 Å². The number of aromatic nitrogens is 1. The van der Waals surface area contributed by atoms with Gasteiger partial charge in [-0.25, -0.2) is 8.78 Å². The Morgan fingerprint density at radius 3 is 2.67 bits per heavy atom. The molecule has 1 unspecified atom stereocenters. The molecule has 0 saturated carbocycles. The zero-order valence-electron chi connectivity index (χ0n) is 9.49. The number of benzene rings is 1. The van der Waals surface area contributed by atoms with E-state index in [2.05, 4.69) is 20.9 Å². The predicted molar refractivity (Wildman–Crippen MR) is 67.1 cm³/mol. The van der Waals surface area contributed by atoms with E-state index in [1.807, 2.05) is 0 Å². The van der Waals surface area contributed by atoms with Crippen LogP contribution in [0.3, 0.4) is 0 Å². The fraction of sp³-hybridized carbons (Fsp3) is 0.154. The molecule has 18 heavy (non-hydrogen) atoms. The average Bonchev–Trinajstić information content (AvgIpc) is 2.35. The SMILES string of the molecule is Cc1ccc(F)c(C(O)c2ncccc2Br)c1F. The van der Waals surface area contributed by atoms with E-state index in [0.717, 1.165) is 6.07 Å². The molecule has 1 aromatic heterocycles. The van der Waals surface area contributed by atoms with Gasteiger partial charge in [0, 0.05) is 10.7 Å². The van der Waals surface area contributed by atoms with Crippen molar-refractivity contribution in [2.75, 3.05) is 0 Å². The number of pyridine rings is 1. The van der Waals surface area contributed by atoms with Gasteiger partial charge in [0.2, 0.25) is 0 Å². The van der Waals surface area contributed by atoms with Crippen LogP contribution in [0, 0.1) is 18.6 Å². The normalized spacial score (nSPS) is 12.5. The van der Waals surface area contributed by atoms with Gasteiger partial charge in [-0.1, -0.05) is 6.07 Å². The number of hydrogen-bond donors (Lipinski definition) is 1. The highest BCUT2D eigenvalue weighted by Crippen LogP contribution is 2.30. The highest BCUT2D eigenvalue weighted by molar-refractivity contribution is 9.10. The van der Waals surface area contributed by atoms with Gasteiger partial charge in [0.15, 0.2) is 0 Å². The second-order valence-corrected chi connectivity index (χ2v) is 4.72. The summed E-state index contributed by atoms with van der Waals surface area (Å²) in [5.41, 5.74) is 0.0767. The van der Waals surface area contributed by atoms with Gasteiger partial charge >= 0.3 is 0 Å². The Balaban J connectivity index is 2.56. The van der Waals surface area contributed by atoms with Crippen molar-refractivity contribution >= 4 is 15.9 Å². The Bertz CT molecular complexity index is 589. The predicted octanol–water partition coefficient (Wildman–Crippen LogP) is 3.51. The van der Waals surface area contributed by atoms with E-state index in [-0.39, 0.29) is 16.8 Å². The number of hydrogen-bond acceptors (Lipinski definition) is 2. The van der Waals surface area contributed by atoms with Gasteiger partial charge in [0.25, 0.3) is 0 Å². The van der Waals surface area contributed by atoms with Crippen LogP contribution in [0.4, 0.5) is 8.78 Å². The lowest BCUT2D eigenvalue weighted by molar-refractivity contribution is 0.203. The minimum atomic E-state index is -1.44. The maximum absolute atomic E-state index is 13.9. The van der Waals surface area contributed by atoms with E-state index in [0.29, 0.717) is 4.47 Å². The first kappa shape index (κ1) is 13.1. The highest BCUT2D eigenvalue weighted by atomic mass is 79.9. The van der Waals surface area contributed by atoms with Crippen molar-refractivity contribution in [3.05, 3.63) is 63.4 Å². The number of rotatable bonds is 2. The summed E-state index contributed by atoms with van der Waals surface area (Å²) in [6, 6.07) is 5.77. The summed E-state index contributed by atoms with van der Waals surface area (Å²) in [5, 5.41) is 10.1. The number of nitrogens with zero attached hydrogens (tertiary/aromatic N) is 1. The maximum atomic E-state index is 13.9. The van der Waals surface area contributed by atoms with E-state index in [9.17, 15) is 13.9 Å². The third kappa shape index (κ3) is 2.28. The quantitative estimate of drug-likeness (QED) is 0.920. The molecule has 5 heteroatoms. The molecule has 2 nitrogen and oxygen atoms in total. The van der Waals surface area contributed by atoms with Crippen LogP contribution in [0.15, 0.2) is 34.9 Å². The molecule has 1 aromatic carbocycles. The standard InChI is InChI=1S/C13H10BrF2NO/c1-7-4-5-9(15)10(11(7)16)13(18)12-8(14)3-2-6-17-12/h2-6,13,18H,1H3. The van der Waals surface area contributed by atoms with E-state index < -0.39 is 17.7 Å². The largest absolute Gasteiger partial charge is 0.382 e. The summed E-state index contributed by atoms with van der Waals surface area (Å²) in [6.07, 6.45) is 0.00929. The molecule has 0 fully saturated rings. The van der Waals surface area contributed by atoms with Crippen LogP contribution in [0.1, 0.15) is 22.9 Å². The zero-order chi connectivity index (χ0) is 13.3. The van der Waals surface area contributed by atoms with Gasteiger partial charge < -0.3 is 5.11 Å². The molecule has 1 N–H and O–H groups in total. The summed E-state index contributed by atoms with van der Waals surface area (Å²) in [6.45, 7) is 1.51. The number of halogens is 3. The molecule has 0 aliphatic rings. The first-order valence-electron chi connectivity index (χ1n) is 5.25. The second-order valence-electron chi connectivity index (χ2n) is 3.86. The van der Waals surface area contributed by atoms with Gasteiger partial charge in [0.1, 0.15) is 17.7 Å². The maximum Gasteiger partial charge on any atom is 0.135 e. The van der Waals surface area contributed by atoms with Crippen LogP contribution >= 0.6 is 15.9 Å². The highest BCUT2D eigenvalue weighted by Gasteiger charge is 2.23. The minimum Gasteiger partial charge on any atom is -0.382 e. The summed E-state index contributed by atoms with van der Waals surface area (Å²) in [7, 11) is 0. The van der Waals surface area contributed by atoms with Crippen LogP contribution < -0.4 is 0 Å². The third-order valence-corrected chi connectivity index (χ3v) is 3.31. The van der Waals surface area contributed by atoms with Crippen LogP contribution in [0.5, 0.6) is 0 Å². The number of aliphatic hydroxyl groups excluding tert-OH is 1. The summed E-state index contributed by atoms with van der Waals surface area (Å²) < 4.78 is 28.0. The summed E-state index contributed by atoms with van der Waals surface area (Å²) in [5.74, 6) is -1.54. The lowest BCUT2D eigenvalue weighted by Gasteiger charge is -2.14. The van der Waals surface area contributed by atoms with Crippen molar-refractivity contribution in [3.8, 4) is 0 Å². The average molecular weight is 314 g/mol. The molecule has 0 saturated heterocycles. The lowest BCUT2D eigenvalue weighted by Crippen LogP contribution is -2.09. The van der Waals surface area contributed by atoms with Crippen LogP contribution in [-0.4, -0.2) is 10.1 Å². The first-order valence-corrected chi connectivity index (χ1v) is 6.04. The van der Waals surface area contributed by atoms with E-state index in [1.165, 1.54) is 19.2 Å². The molecule has 0 bridgehead atoms. The topological polar surface area (TPSA) is 33.1 Å². The molecule has 0 aliphatic carbocycles. The second kappa shape index (κ2) is 5.12. The molecule has 2 rings (SSSR count). The molecule has 0 spiro atoms. The van der Waals surface area contributed by atoms with Gasteiger partial charge in [-0.15, -0.1) is 0 Å². The van der Waals surface area contributed by atoms with Crippen molar-refractivity contribution in [2.45, 2.75) is 13.0 Å². The Morgan fingerprint density at radius 2 is 2.00 bits per heavy atom. The van der Waals surface area contributed by atoms with Gasteiger partial charge in [-0.05, 0) is 46.6 Å². The number of aryl methyl sites for hydroxylation is 1. The van der Waals surface area contributed by atoms with Crippen LogP contribution in [-0.2, 0) is 0 Å². The molecule has 0 amide bonds. The molecule has 0 aliphatic heterocycles. The van der Waals surface area contributed by atoms with Crippen LogP contribution in [0.25, 0.3) is 0 Å². The molecule has 94 valence electrons. The van der Waals surface area contributed by atoms with Crippen molar-refractivity contribution in [2.24, 2.45) is 0 Å². The van der Waals surface area contributed by atoms with Crippen molar-refractivity contribution in [1.82, 2.24) is 4.98 Å². The van der Waals surface area contributed by atoms with E-state index in [1.54, 1.807) is 12.1 Å². The fourth-order valence-corrected chi connectivity index (χ4v) is 2.14. The Labute approximate surface area is 111 Å². The third-order valence-electron chi connectivity index (χ3n) is 2.64. The zero-order valence-corrected chi connectivity index (χ0v) is 11.1. The van der Waals surface area contributed by atoms with Crippen molar-refractivity contribution < 1.29 is 13.9 Å². The summed E-state index contributed by atoms with van der Waals surface area (Å²) >= 11 is 3.19. The minimum absolute atomic E-state index is 0.181. The van der Waals surface area contributed by atoms with Gasteiger partial charge in [0.05, 0.1) is 11.3 Å². The molecule has 0 radical (unpaired) electrons. The van der Waals surface area contributed by atoms with Crippen LogP contribution in [0.2, 0.25) is 0 Å². The Morgan fingerprint density at radius 1 is 1.28 bits per heavy atom. The van der Waals surface area contributed by atoms with Gasteiger partial charge in [-0.2, -0.15) is 0 Å². The lowest BCUT2D eigenvalue weighted by atomic mass is 10.0. The van der Waals surface area contributed by atoms with E-state index in [4.69, 9.17) is 0 Å². The Hall–Kier alpha value is -1.33. The van der Waals surface area contributed by atoms with E-state index >= 15 is 0 Å². The molecule has 1 atom stereocenters. The first-order chi connectivity index (χ1) is 8.52. The molecular formula is C13H10BrF2NO.